The monoisotopic (exact) mass is 269 g/mol. The lowest BCUT2D eigenvalue weighted by Gasteiger charge is -2.20. The van der Waals surface area contributed by atoms with Crippen LogP contribution in [0, 0.1) is 0 Å². The number of fused-ring (bicyclic) bond motifs is 1. The van der Waals surface area contributed by atoms with Crippen molar-refractivity contribution in [3.05, 3.63) is 47.3 Å². The van der Waals surface area contributed by atoms with Crippen molar-refractivity contribution < 1.29 is 4.79 Å². The van der Waals surface area contributed by atoms with Crippen LogP contribution in [0.4, 0.5) is 5.69 Å². The number of hydrogen-bond donors (Lipinski definition) is 1. The molecule has 4 heteroatoms. The zero-order valence-electron chi connectivity index (χ0n) is 11.7. The lowest BCUT2D eigenvalue weighted by Crippen LogP contribution is -2.15. The van der Waals surface area contributed by atoms with E-state index in [1.807, 2.05) is 29.1 Å². The van der Waals surface area contributed by atoms with Crippen LogP contribution in [-0.4, -0.2) is 22.1 Å². The molecule has 20 heavy (non-hydrogen) atoms. The average molecular weight is 269 g/mol. The summed E-state index contributed by atoms with van der Waals surface area (Å²) in [6.45, 7) is 3.93. The first-order valence-electron chi connectivity index (χ1n) is 7.22. The van der Waals surface area contributed by atoms with Gasteiger partial charge in [-0.05, 0) is 30.9 Å². The van der Waals surface area contributed by atoms with Gasteiger partial charge in [-0.1, -0.05) is 19.1 Å². The van der Waals surface area contributed by atoms with Crippen molar-refractivity contribution >= 4 is 11.5 Å². The van der Waals surface area contributed by atoms with Gasteiger partial charge in [0.2, 0.25) is 0 Å². The third kappa shape index (κ3) is 2.33. The minimum absolute atomic E-state index is 0.0768. The van der Waals surface area contributed by atoms with Gasteiger partial charge in [0.1, 0.15) is 0 Å². The number of carbonyl (C=O) groups excluding carboxylic acids is 1. The van der Waals surface area contributed by atoms with E-state index < -0.39 is 0 Å². The summed E-state index contributed by atoms with van der Waals surface area (Å²) in [6.07, 6.45) is 6.58. The topological polar surface area (TPSA) is 46.9 Å². The first-order chi connectivity index (χ1) is 9.79. The average Bonchev–Trinajstić information content (AvgIpc) is 2.95. The lowest BCUT2D eigenvalue weighted by molar-refractivity contribution is 0.103. The van der Waals surface area contributed by atoms with Gasteiger partial charge in [-0.2, -0.15) is 5.10 Å². The highest BCUT2D eigenvalue weighted by Crippen LogP contribution is 2.26. The van der Waals surface area contributed by atoms with Gasteiger partial charge in [-0.15, -0.1) is 0 Å². The number of benzene rings is 1. The molecule has 0 bridgehead atoms. The number of hydrogen-bond acceptors (Lipinski definition) is 3. The third-order valence-corrected chi connectivity index (χ3v) is 3.69. The molecular weight excluding hydrogens is 250 g/mol. The van der Waals surface area contributed by atoms with E-state index in [2.05, 4.69) is 17.3 Å². The number of aryl methyl sites for hydroxylation is 1. The Balaban J connectivity index is 1.93. The smallest absolute Gasteiger partial charge is 0.196 e. The van der Waals surface area contributed by atoms with Crippen LogP contribution in [0.5, 0.6) is 0 Å². The summed E-state index contributed by atoms with van der Waals surface area (Å²) >= 11 is 0. The number of aromatic nitrogens is 2. The number of anilines is 1. The first kappa shape index (κ1) is 12.9. The van der Waals surface area contributed by atoms with Gasteiger partial charge in [0.25, 0.3) is 0 Å². The number of nitrogens with one attached hydrogen (secondary N) is 1. The maximum Gasteiger partial charge on any atom is 0.196 e. The lowest BCUT2D eigenvalue weighted by atomic mass is 9.93. The van der Waals surface area contributed by atoms with Gasteiger partial charge >= 0.3 is 0 Å². The molecule has 1 aromatic heterocycles. The molecule has 4 nitrogen and oxygen atoms in total. The predicted molar refractivity (Wildman–Crippen MR) is 79.2 cm³/mol. The molecule has 104 valence electrons. The molecule has 1 aliphatic rings. The molecule has 0 fully saturated rings. The second-order valence-corrected chi connectivity index (χ2v) is 5.18. The molecule has 0 saturated carbocycles. The van der Waals surface area contributed by atoms with Gasteiger partial charge in [-0.3, -0.25) is 9.48 Å². The van der Waals surface area contributed by atoms with Crippen molar-refractivity contribution in [3.63, 3.8) is 0 Å². The fraction of sp³-hybridized carbons (Fsp3) is 0.375. The fourth-order valence-corrected chi connectivity index (χ4v) is 2.71. The van der Waals surface area contributed by atoms with Gasteiger partial charge < -0.3 is 5.32 Å². The van der Waals surface area contributed by atoms with E-state index in [9.17, 15) is 4.79 Å². The molecule has 1 N–H and O–H groups in total. The summed E-state index contributed by atoms with van der Waals surface area (Å²) in [6, 6.07) is 5.91. The summed E-state index contributed by atoms with van der Waals surface area (Å²) in [4.78, 5) is 12.7. The Hall–Kier alpha value is -2.10. The van der Waals surface area contributed by atoms with Crippen LogP contribution in [0.3, 0.4) is 0 Å². The molecule has 0 saturated heterocycles. The quantitative estimate of drug-likeness (QED) is 0.868. The highest BCUT2D eigenvalue weighted by molar-refractivity contribution is 6.10. The molecule has 0 amide bonds. The van der Waals surface area contributed by atoms with Crippen molar-refractivity contribution in [2.45, 2.75) is 32.7 Å². The Morgan fingerprint density at radius 3 is 3.20 bits per heavy atom. The standard InChI is InChI=1S/C16H19N3O/c1-2-9-19-11-12(10-18-19)16(20)14-5-3-7-15-13(14)6-4-8-17-15/h3,5,7,10-11,17H,2,4,6,8-9H2,1H3. The van der Waals surface area contributed by atoms with E-state index in [1.165, 1.54) is 0 Å². The maximum atomic E-state index is 12.7. The van der Waals surface area contributed by atoms with Crippen molar-refractivity contribution in [1.82, 2.24) is 9.78 Å². The van der Waals surface area contributed by atoms with E-state index in [4.69, 9.17) is 0 Å². The van der Waals surface area contributed by atoms with E-state index in [0.29, 0.717) is 5.56 Å². The molecule has 0 radical (unpaired) electrons. The summed E-state index contributed by atoms with van der Waals surface area (Å²) in [7, 11) is 0. The van der Waals surface area contributed by atoms with Gasteiger partial charge in [0.05, 0.1) is 11.8 Å². The second-order valence-electron chi connectivity index (χ2n) is 5.18. The summed E-state index contributed by atoms with van der Waals surface area (Å²) < 4.78 is 1.83. The van der Waals surface area contributed by atoms with Gasteiger partial charge in [-0.25, -0.2) is 0 Å². The highest BCUT2D eigenvalue weighted by atomic mass is 16.1. The number of nitrogens with zero attached hydrogens (tertiary/aromatic N) is 2. The van der Waals surface area contributed by atoms with Crippen LogP contribution in [-0.2, 0) is 13.0 Å². The highest BCUT2D eigenvalue weighted by Gasteiger charge is 2.19. The Morgan fingerprint density at radius 1 is 1.45 bits per heavy atom. The summed E-state index contributed by atoms with van der Waals surface area (Å²) in [5.41, 5.74) is 3.73. The zero-order chi connectivity index (χ0) is 13.9. The van der Waals surface area contributed by atoms with Gasteiger partial charge in [0.15, 0.2) is 5.78 Å². The molecule has 1 aromatic carbocycles. The zero-order valence-corrected chi connectivity index (χ0v) is 11.7. The Kier molecular flexibility index (Phi) is 3.54. The summed E-state index contributed by atoms with van der Waals surface area (Å²) in [5.74, 6) is 0.0768. The molecule has 2 heterocycles. The molecule has 3 rings (SSSR count). The van der Waals surface area contributed by atoms with E-state index in [1.54, 1.807) is 6.20 Å². The molecule has 0 unspecified atom stereocenters. The van der Waals surface area contributed by atoms with Crippen molar-refractivity contribution in [1.29, 1.82) is 0 Å². The van der Waals surface area contributed by atoms with Crippen LogP contribution in [0.15, 0.2) is 30.6 Å². The van der Waals surface area contributed by atoms with Crippen LogP contribution >= 0.6 is 0 Å². The van der Waals surface area contributed by atoms with E-state index in [0.717, 1.165) is 49.2 Å². The number of rotatable bonds is 4. The van der Waals surface area contributed by atoms with Gasteiger partial charge in [0, 0.05) is 30.5 Å². The molecule has 2 aromatic rings. The second kappa shape index (κ2) is 5.49. The van der Waals surface area contributed by atoms with Crippen LogP contribution in [0.2, 0.25) is 0 Å². The van der Waals surface area contributed by atoms with E-state index in [-0.39, 0.29) is 5.78 Å². The predicted octanol–water partition coefficient (Wildman–Crippen LogP) is 2.88. The Morgan fingerprint density at radius 2 is 2.35 bits per heavy atom. The first-order valence-corrected chi connectivity index (χ1v) is 7.22. The third-order valence-electron chi connectivity index (χ3n) is 3.69. The normalized spacial score (nSPS) is 13.7. The maximum absolute atomic E-state index is 12.7. The fourth-order valence-electron chi connectivity index (χ4n) is 2.71. The summed E-state index contributed by atoms with van der Waals surface area (Å²) in [5, 5.41) is 7.61. The van der Waals surface area contributed by atoms with Crippen LogP contribution in [0.25, 0.3) is 0 Å². The van der Waals surface area contributed by atoms with Crippen molar-refractivity contribution in [2.24, 2.45) is 0 Å². The number of carbonyl (C=O) groups is 1. The van der Waals surface area contributed by atoms with Crippen LogP contribution < -0.4 is 5.32 Å². The molecule has 0 aliphatic carbocycles. The van der Waals surface area contributed by atoms with Crippen molar-refractivity contribution in [3.8, 4) is 0 Å². The molecule has 1 aliphatic heterocycles. The molecular formula is C16H19N3O. The minimum atomic E-state index is 0.0768. The minimum Gasteiger partial charge on any atom is -0.385 e. The van der Waals surface area contributed by atoms with E-state index >= 15 is 0 Å². The van der Waals surface area contributed by atoms with Crippen LogP contribution in [0.1, 0.15) is 41.3 Å². The molecule has 0 atom stereocenters. The largest absolute Gasteiger partial charge is 0.385 e. The molecule has 0 spiro atoms. The van der Waals surface area contributed by atoms with Crippen molar-refractivity contribution in [2.75, 3.05) is 11.9 Å². The Bertz CT molecular complexity index is 630. The SMILES string of the molecule is CCCn1cc(C(=O)c2cccc3c2CCCN3)cn1. The Labute approximate surface area is 118 Å². The number of ketones is 1.